The molecule has 1 saturated carbocycles. The van der Waals surface area contributed by atoms with Gasteiger partial charge in [-0.1, -0.05) is 12.8 Å². The number of anilines is 4. The first-order valence-corrected chi connectivity index (χ1v) is 13.6. The van der Waals surface area contributed by atoms with Gasteiger partial charge in [0.15, 0.2) is 0 Å². The van der Waals surface area contributed by atoms with Crippen LogP contribution < -0.4 is 15.5 Å². The number of carbonyl (C=O) groups is 1. The summed E-state index contributed by atoms with van der Waals surface area (Å²) in [4.78, 5) is 31.0. The van der Waals surface area contributed by atoms with Gasteiger partial charge in [0.1, 0.15) is 0 Å². The van der Waals surface area contributed by atoms with Crippen LogP contribution in [-0.4, -0.2) is 73.8 Å². The summed E-state index contributed by atoms with van der Waals surface area (Å²) >= 11 is 0. The largest absolute Gasteiger partial charge is 0.368 e. The Morgan fingerprint density at radius 3 is 2.74 bits per heavy atom. The van der Waals surface area contributed by atoms with Crippen LogP contribution in [0.5, 0.6) is 0 Å². The molecule has 5 aromatic rings. The number of imidazole rings is 2. The van der Waals surface area contributed by atoms with Crippen molar-refractivity contribution in [1.82, 2.24) is 34.6 Å². The molecule has 0 unspecified atom stereocenters. The van der Waals surface area contributed by atoms with Gasteiger partial charge in [-0.25, -0.2) is 9.97 Å². The van der Waals surface area contributed by atoms with E-state index in [1.807, 2.05) is 42.7 Å². The summed E-state index contributed by atoms with van der Waals surface area (Å²) in [5.74, 6) is 1.24. The highest BCUT2D eigenvalue weighted by Crippen LogP contribution is 2.33. The molecule has 1 aliphatic carbocycles. The lowest BCUT2D eigenvalue weighted by molar-refractivity contribution is 0.102. The van der Waals surface area contributed by atoms with Gasteiger partial charge in [0.05, 0.1) is 34.0 Å². The zero-order chi connectivity index (χ0) is 26.3. The van der Waals surface area contributed by atoms with Gasteiger partial charge in [0.25, 0.3) is 5.91 Å². The minimum Gasteiger partial charge on any atom is -0.368 e. The number of likely N-dealkylation sites (N-methyl/N-ethyl adjacent to an activating group) is 1. The molecule has 4 heterocycles. The lowest BCUT2D eigenvalue weighted by Crippen LogP contribution is -2.45. The highest BCUT2D eigenvalue weighted by atomic mass is 16.1. The van der Waals surface area contributed by atoms with Gasteiger partial charge in [-0.2, -0.15) is 5.10 Å². The Balaban J connectivity index is 1.22. The number of amides is 1. The highest BCUT2D eigenvalue weighted by Gasteiger charge is 2.24. The predicted octanol–water partition coefficient (Wildman–Crippen LogP) is 4.50. The van der Waals surface area contributed by atoms with Crippen molar-refractivity contribution < 1.29 is 4.79 Å². The van der Waals surface area contributed by atoms with Crippen molar-refractivity contribution in [2.45, 2.75) is 31.7 Å². The number of piperazine rings is 1. The molecule has 1 saturated heterocycles. The van der Waals surface area contributed by atoms with E-state index in [-0.39, 0.29) is 5.91 Å². The average Bonchev–Trinajstić information content (AvgIpc) is 3.75. The molecule has 0 radical (unpaired) electrons. The van der Waals surface area contributed by atoms with Crippen LogP contribution in [0.3, 0.4) is 0 Å². The molecule has 0 spiro atoms. The lowest BCUT2D eigenvalue weighted by atomic mass is 10.1. The smallest absolute Gasteiger partial charge is 0.257 e. The molecule has 0 bridgehead atoms. The Hall–Kier alpha value is -4.38. The maximum absolute atomic E-state index is 13.7. The first-order chi connectivity index (χ1) is 19.1. The molecule has 11 heteroatoms. The normalized spacial score (nSPS) is 16.9. The zero-order valence-electron chi connectivity index (χ0n) is 21.9. The van der Waals surface area contributed by atoms with Crippen molar-refractivity contribution in [2.75, 3.05) is 48.8 Å². The maximum atomic E-state index is 13.7. The fraction of sp³-hybridized carbons (Fsp3) is 0.357. The molecule has 2 aromatic carbocycles. The van der Waals surface area contributed by atoms with Crippen LogP contribution in [0.1, 0.15) is 42.1 Å². The molecule has 1 aliphatic heterocycles. The topological polar surface area (TPSA) is 123 Å². The number of nitrogens with zero attached hydrogens (tertiary/aromatic N) is 6. The monoisotopic (exact) mass is 524 g/mol. The van der Waals surface area contributed by atoms with E-state index in [0.29, 0.717) is 23.2 Å². The Kier molecular flexibility index (Phi) is 5.92. The van der Waals surface area contributed by atoms with Crippen molar-refractivity contribution in [3.05, 3.63) is 54.5 Å². The molecule has 7 rings (SSSR count). The minimum absolute atomic E-state index is 0.162. The first kappa shape index (κ1) is 23.7. The van der Waals surface area contributed by atoms with Gasteiger partial charge in [-0.15, -0.1) is 0 Å². The Labute approximate surface area is 225 Å². The highest BCUT2D eigenvalue weighted by molar-refractivity contribution is 6.11. The van der Waals surface area contributed by atoms with E-state index >= 15 is 0 Å². The Bertz CT molecular complexity index is 1630. The molecular weight excluding hydrogens is 492 g/mol. The second-order valence-electron chi connectivity index (χ2n) is 10.6. The fourth-order valence-corrected chi connectivity index (χ4v) is 5.80. The van der Waals surface area contributed by atoms with Crippen molar-refractivity contribution >= 4 is 51.1 Å². The van der Waals surface area contributed by atoms with Crippen LogP contribution in [0.4, 0.5) is 23.3 Å². The average molecular weight is 525 g/mol. The minimum atomic E-state index is -0.162. The van der Waals surface area contributed by atoms with E-state index in [1.54, 1.807) is 6.20 Å². The second kappa shape index (κ2) is 9.73. The Morgan fingerprint density at radius 1 is 1.05 bits per heavy atom. The summed E-state index contributed by atoms with van der Waals surface area (Å²) < 4.78 is 2.21. The number of hydrogen-bond donors (Lipinski definition) is 4. The lowest BCUT2D eigenvalue weighted by Gasteiger charge is -2.35. The van der Waals surface area contributed by atoms with Crippen molar-refractivity contribution in [3.8, 4) is 0 Å². The van der Waals surface area contributed by atoms with Crippen LogP contribution in [0.15, 0.2) is 48.9 Å². The SMILES string of the molecule is CN1CCN(c2cc3nc(Nc4nccn4C4CCCC4)[nH]c3cc2C(=O)Nc2ccc3cn[nH]c3c2)CC1. The summed E-state index contributed by atoms with van der Waals surface area (Å²) in [6.07, 6.45) is 10.5. The van der Waals surface area contributed by atoms with E-state index in [1.165, 1.54) is 25.7 Å². The number of fused-ring (bicyclic) bond motifs is 2. The number of nitrogens with one attached hydrogen (secondary N) is 4. The number of aromatic amines is 2. The molecule has 39 heavy (non-hydrogen) atoms. The molecule has 200 valence electrons. The molecule has 2 aliphatic rings. The summed E-state index contributed by atoms with van der Waals surface area (Å²) in [6.45, 7) is 3.56. The molecule has 0 atom stereocenters. The number of carbonyl (C=O) groups excluding carboxylic acids is 1. The van der Waals surface area contributed by atoms with Gasteiger partial charge < -0.3 is 24.7 Å². The first-order valence-electron chi connectivity index (χ1n) is 13.6. The Morgan fingerprint density at radius 2 is 1.90 bits per heavy atom. The fourth-order valence-electron chi connectivity index (χ4n) is 5.80. The van der Waals surface area contributed by atoms with E-state index < -0.39 is 0 Å². The van der Waals surface area contributed by atoms with Crippen molar-refractivity contribution in [1.29, 1.82) is 0 Å². The molecular formula is C28H32N10O. The van der Waals surface area contributed by atoms with Gasteiger partial charge in [0.2, 0.25) is 11.9 Å². The summed E-state index contributed by atoms with van der Waals surface area (Å²) in [5.41, 5.74) is 4.69. The number of hydrogen-bond acceptors (Lipinski definition) is 7. The summed E-state index contributed by atoms with van der Waals surface area (Å²) in [5, 5.41) is 14.5. The number of benzene rings is 2. The van der Waals surface area contributed by atoms with Gasteiger partial charge in [0, 0.05) is 55.7 Å². The van der Waals surface area contributed by atoms with Crippen LogP contribution in [0.25, 0.3) is 21.9 Å². The molecule has 1 amide bonds. The second-order valence-corrected chi connectivity index (χ2v) is 10.6. The van der Waals surface area contributed by atoms with E-state index in [9.17, 15) is 4.79 Å². The standard InChI is InChI=1S/C28H32N10O/c1-36-10-12-37(13-11-36)25-16-24-23(15-21(25)26(39)31-19-7-6-18-17-30-35-22(18)14-19)32-27(33-24)34-28-29-8-9-38(28)20-4-2-3-5-20/h6-9,14-17,20H,2-5,10-13H2,1H3,(H,30,35)(H,31,39)(H2,29,32,33,34). The molecule has 4 N–H and O–H groups in total. The van der Waals surface area contributed by atoms with Crippen LogP contribution in [0.2, 0.25) is 0 Å². The number of rotatable bonds is 6. The van der Waals surface area contributed by atoms with E-state index in [2.05, 4.69) is 52.2 Å². The van der Waals surface area contributed by atoms with Crippen molar-refractivity contribution in [3.63, 3.8) is 0 Å². The number of aromatic nitrogens is 6. The van der Waals surface area contributed by atoms with E-state index in [4.69, 9.17) is 4.98 Å². The van der Waals surface area contributed by atoms with Crippen molar-refractivity contribution in [2.24, 2.45) is 0 Å². The van der Waals surface area contributed by atoms with E-state index in [0.717, 1.165) is 59.8 Å². The van der Waals surface area contributed by atoms with Gasteiger partial charge >= 0.3 is 0 Å². The van der Waals surface area contributed by atoms with Gasteiger partial charge in [-0.3, -0.25) is 15.2 Å². The maximum Gasteiger partial charge on any atom is 0.257 e. The molecule has 2 fully saturated rings. The quantitative estimate of drug-likeness (QED) is 0.258. The third-order valence-electron chi connectivity index (χ3n) is 8.00. The van der Waals surface area contributed by atoms with Gasteiger partial charge in [-0.05, 0) is 50.2 Å². The summed E-state index contributed by atoms with van der Waals surface area (Å²) in [7, 11) is 2.13. The third-order valence-corrected chi connectivity index (χ3v) is 8.00. The van der Waals surface area contributed by atoms with Crippen LogP contribution in [0, 0.1) is 0 Å². The predicted molar refractivity (Wildman–Crippen MR) is 153 cm³/mol. The van der Waals surface area contributed by atoms with Crippen LogP contribution in [-0.2, 0) is 0 Å². The molecule has 3 aromatic heterocycles. The third kappa shape index (κ3) is 4.59. The molecule has 11 nitrogen and oxygen atoms in total. The number of H-pyrrole nitrogens is 2. The summed E-state index contributed by atoms with van der Waals surface area (Å²) in [6, 6.07) is 10.2. The zero-order valence-corrected chi connectivity index (χ0v) is 21.9. The van der Waals surface area contributed by atoms with Crippen LogP contribution >= 0.6 is 0 Å².